The van der Waals surface area contributed by atoms with E-state index in [0.29, 0.717) is 24.7 Å². The predicted octanol–water partition coefficient (Wildman–Crippen LogP) is 3.80. The summed E-state index contributed by atoms with van der Waals surface area (Å²) in [4.78, 5) is 11.8. The molecule has 0 atom stereocenters. The number of nitrogens with zero attached hydrogens (tertiary/aromatic N) is 1. The fourth-order valence-electron chi connectivity index (χ4n) is 2.43. The van der Waals surface area contributed by atoms with Gasteiger partial charge in [0.2, 0.25) is 0 Å². The number of fused-ring (bicyclic) bond motifs is 1. The molecule has 2 aromatic carbocycles. The third-order valence-corrected chi connectivity index (χ3v) is 3.70. The smallest absolute Gasteiger partial charge is 0.420 e. The van der Waals surface area contributed by atoms with Crippen molar-refractivity contribution in [2.45, 2.75) is 26.3 Å². The van der Waals surface area contributed by atoms with Crippen LogP contribution in [0.3, 0.4) is 0 Å². The third-order valence-electron chi connectivity index (χ3n) is 3.70. The number of rotatable bonds is 5. The van der Waals surface area contributed by atoms with Gasteiger partial charge in [-0.3, -0.25) is 4.57 Å². The summed E-state index contributed by atoms with van der Waals surface area (Å²) in [7, 11) is 0. The predicted molar refractivity (Wildman–Crippen MR) is 86.5 cm³/mol. The highest BCUT2D eigenvalue weighted by Crippen LogP contribution is 2.18. The van der Waals surface area contributed by atoms with Crippen molar-refractivity contribution in [2.24, 2.45) is 0 Å². The van der Waals surface area contributed by atoms with E-state index in [1.54, 1.807) is 10.6 Å². The molecule has 22 heavy (non-hydrogen) atoms. The van der Waals surface area contributed by atoms with Crippen molar-refractivity contribution < 1.29 is 9.15 Å². The first-order valence-electron chi connectivity index (χ1n) is 7.46. The second-order valence-electron chi connectivity index (χ2n) is 5.56. The number of para-hydroxylation sites is 2. The Morgan fingerprint density at radius 1 is 1.09 bits per heavy atom. The van der Waals surface area contributed by atoms with Crippen LogP contribution in [-0.2, 0) is 6.54 Å². The van der Waals surface area contributed by atoms with Gasteiger partial charge in [-0.05, 0) is 35.7 Å². The van der Waals surface area contributed by atoms with Crippen LogP contribution in [-0.4, -0.2) is 11.2 Å². The SMILES string of the molecule is CC(C)c1ccc(OCCn2c(=O)oc3ccccc32)cc1. The first kappa shape index (κ1) is 14.4. The lowest BCUT2D eigenvalue weighted by Crippen LogP contribution is -2.18. The summed E-state index contributed by atoms with van der Waals surface area (Å²) in [5.74, 6) is 0.968. The minimum Gasteiger partial charge on any atom is -0.492 e. The lowest BCUT2D eigenvalue weighted by Gasteiger charge is -2.09. The molecule has 0 fully saturated rings. The van der Waals surface area contributed by atoms with Crippen molar-refractivity contribution in [3.8, 4) is 5.75 Å². The Balaban J connectivity index is 1.67. The maximum absolute atomic E-state index is 11.8. The van der Waals surface area contributed by atoms with Crippen LogP contribution in [0.5, 0.6) is 5.75 Å². The molecule has 0 aliphatic heterocycles. The second kappa shape index (κ2) is 6.10. The molecule has 0 saturated heterocycles. The van der Waals surface area contributed by atoms with E-state index >= 15 is 0 Å². The van der Waals surface area contributed by atoms with Crippen LogP contribution in [0.4, 0.5) is 0 Å². The average molecular weight is 297 g/mol. The molecule has 114 valence electrons. The van der Waals surface area contributed by atoms with Gasteiger partial charge < -0.3 is 9.15 Å². The highest BCUT2D eigenvalue weighted by atomic mass is 16.5. The Labute approximate surface area is 128 Å². The lowest BCUT2D eigenvalue weighted by molar-refractivity contribution is 0.294. The van der Waals surface area contributed by atoms with Gasteiger partial charge >= 0.3 is 5.76 Å². The first-order valence-corrected chi connectivity index (χ1v) is 7.46. The van der Waals surface area contributed by atoms with E-state index in [2.05, 4.69) is 26.0 Å². The summed E-state index contributed by atoms with van der Waals surface area (Å²) in [6, 6.07) is 15.5. The Morgan fingerprint density at radius 2 is 1.82 bits per heavy atom. The summed E-state index contributed by atoms with van der Waals surface area (Å²) in [5.41, 5.74) is 2.68. The Morgan fingerprint density at radius 3 is 2.55 bits per heavy atom. The van der Waals surface area contributed by atoms with Crippen LogP contribution in [0, 0.1) is 0 Å². The van der Waals surface area contributed by atoms with Crippen molar-refractivity contribution in [3.05, 3.63) is 64.6 Å². The van der Waals surface area contributed by atoms with Gasteiger partial charge in [0.25, 0.3) is 0 Å². The molecule has 1 heterocycles. The van der Waals surface area contributed by atoms with Crippen molar-refractivity contribution >= 4 is 11.1 Å². The zero-order valence-electron chi connectivity index (χ0n) is 12.8. The molecule has 0 N–H and O–H groups in total. The molecule has 4 nitrogen and oxygen atoms in total. The van der Waals surface area contributed by atoms with Crippen LogP contribution in [0.25, 0.3) is 11.1 Å². The third kappa shape index (κ3) is 2.91. The number of ether oxygens (including phenoxy) is 1. The van der Waals surface area contributed by atoms with E-state index in [1.165, 1.54) is 5.56 Å². The van der Waals surface area contributed by atoms with E-state index in [1.807, 2.05) is 30.3 Å². The Hall–Kier alpha value is -2.49. The fraction of sp³-hybridized carbons (Fsp3) is 0.278. The second-order valence-corrected chi connectivity index (χ2v) is 5.56. The van der Waals surface area contributed by atoms with Gasteiger partial charge in [0.15, 0.2) is 5.58 Å². The summed E-state index contributed by atoms with van der Waals surface area (Å²) in [5, 5.41) is 0. The molecule has 0 spiro atoms. The largest absolute Gasteiger partial charge is 0.492 e. The highest BCUT2D eigenvalue weighted by Gasteiger charge is 2.08. The van der Waals surface area contributed by atoms with Gasteiger partial charge in [-0.1, -0.05) is 38.1 Å². The van der Waals surface area contributed by atoms with E-state index in [0.717, 1.165) is 11.3 Å². The molecular formula is C18H19NO3. The molecule has 0 unspecified atom stereocenters. The summed E-state index contributed by atoms with van der Waals surface area (Å²) in [6.45, 7) is 5.20. The topological polar surface area (TPSA) is 44.4 Å². The standard InChI is InChI=1S/C18H19NO3/c1-13(2)14-7-9-15(10-8-14)21-12-11-19-16-5-3-4-6-17(16)22-18(19)20/h3-10,13H,11-12H2,1-2H3. The number of aromatic nitrogens is 1. The van der Waals surface area contributed by atoms with Crippen LogP contribution in [0.2, 0.25) is 0 Å². The van der Waals surface area contributed by atoms with Gasteiger partial charge in [-0.15, -0.1) is 0 Å². The zero-order valence-corrected chi connectivity index (χ0v) is 12.8. The lowest BCUT2D eigenvalue weighted by atomic mass is 10.0. The zero-order chi connectivity index (χ0) is 15.5. The van der Waals surface area contributed by atoms with Gasteiger partial charge in [0, 0.05) is 0 Å². The van der Waals surface area contributed by atoms with E-state index < -0.39 is 0 Å². The van der Waals surface area contributed by atoms with Crippen molar-refractivity contribution in [1.82, 2.24) is 4.57 Å². The number of oxazole rings is 1. The van der Waals surface area contributed by atoms with Gasteiger partial charge in [0.05, 0.1) is 12.1 Å². The molecule has 3 aromatic rings. The minimum atomic E-state index is -0.347. The van der Waals surface area contributed by atoms with Crippen molar-refractivity contribution in [1.29, 1.82) is 0 Å². The summed E-state index contributed by atoms with van der Waals surface area (Å²) >= 11 is 0. The van der Waals surface area contributed by atoms with E-state index in [-0.39, 0.29) is 5.76 Å². The molecule has 4 heteroatoms. The first-order chi connectivity index (χ1) is 10.6. The van der Waals surface area contributed by atoms with E-state index in [9.17, 15) is 4.79 Å². The van der Waals surface area contributed by atoms with Crippen LogP contribution in [0.15, 0.2) is 57.7 Å². The molecule has 0 amide bonds. The number of hydrogen-bond donors (Lipinski definition) is 0. The average Bonchev–Trinajstić information content (AvgIpc) is 2.84. The van der Waals surface area contributed by atoms with E-state index in [4.69, 9.17) is 9.15 Å². The van der Waals surface area contributed by atoms with Gasteiger partial charge in [-0.2, -0.15) is 0 Å². The minimum absolute atomic E-state index is 0.347. The molecule has 0 saturated carbocycles. The highest BCUT2D eigenvalue weighted by molar-refractivity contribution is 5.72. The molecule has 0 aliphatic carbocycles. The Kier molecular flexibility index (Phi) is 4.00. The van der Waals surface area contributed by atoms with Crippen LogP contribution in [0.1, 0.15) is 25.3 Å². The summed E-state index contributed by atoms with van der Waals surface area (Å²) < 4.78 is 12.5. The molecule has 0 bridgehead atoms. The monoisotopic (exact) mass is 297 g/mol. The molecule has 3 rings (SSSR count). The molecular weight excluding hydrogens is 278 g/mol. The quantitative estimate of drug-likeness (QED) is 0.719. The molecule has 0 aliphatic rings. The normalized spacial score (nSPS) is 11.2. The van der Waals surface area contributed by atoms with Crippen molar-refractivity contribution in [2.75, 3.05) is 6.61 Å². The van der Waals surface area contributed by atoms with Crippen LogP contribution >= 0.6 is 0 Å². The number of benzene rings is 2. The number of hydrogen-bond acceptors (Lipinski definition) is 3. The van der Waals surface area contributed by atoms with Gasteiger partial charge in [-0.25, -0.2) is 4.79 Å². The summed E-state index contributed by atoms with van der Waals surface area (Å²) in [6.07, 6.45) is 0. The maximum atomic E-state index is 11.8. The van der Waals surface area contributed by atoms with Crippen LogP contribution < -0.4 is 10.5 Å². The fourth-order valence-corrected chi connectivity index (χ4v) is 2.43. The molecule has 0 radical (unpaired) electrons. The molecule has 1 aromatic heterocycles. The van der Waals surface area contributed by atoms with Gasteiger partial charge in [0.1, 0.15) is 12.4 Å². The maximum Gasteiger partial charge on any atom is 0.420 e. The van der Waals surface area contributed by atoms with Crippen molar-refractivity contribution in [3.63, 3.8) is 0 Å². The Bertz CT molecular complexity index is 812.